The average molecular weight is 430 g/mol. The Labute approximate surface area is 189 Å². The minimum Gasteiger partial charge on any atom is -0.293 e. The van der Waals surface area contributed by atoms with Crippen LogP contribution in [0.25, 0.3) is 0 Å². The molecule has 4 nitrogen and oxygen atoms in total. The summed E-state index contributed by atoms with van der Waals surface area (Å²) in [4.78, 5) is 15.3. The quantitative estimate of drug-likeness (QED) is 0.536. The number of benzene rings is 3. The number of carbonyl (C=O) groups excluding carboxylic acids is 1. The maximum Gasteiger partial charge on any atom is 0.257 e. The van der Waals surface area contributed by atoms with Crippen molar-refractivity contribution in [2.75, 3.05) is 13.6 Å². The fourth-order valence-electron chi connectivity index (χ4n) is 4.28. The van der Waals surface area contributed by atoms with Gasteiger partial charge in [-0.1, -0.05) is 72.3 Å². The van der Waals surface area contributed by atoms with Gasteiger partial charge in [0.15, 0.2) is 0 Å². The van der Waals surface area contributed by atoms with Gasteiger partial charge in [-0.3, -0.25) is 9.69 Å². The molecular formula is C27H28FN3O. The number of hydrazone groups is 1. The highest BCUT2D eigenvalue weighted by atomic mass is 19.1. The van der Waals surface area contributed by atoms with E-state index in [-0.39, 0.29) is 18.3 Å². The molecule has 3 aromatic carbocycles. The van der Waals surface area contributed by atoms with Gasteiger partial charge in [-0.25, -0.2) is 9.40 Å². The molecule has 1 amide bonds. The van der Waals surface area contributed by atoms with E-state index >= 15 is 0 Å². The molecule has 0 spiro atoms. The molecule has 5 heteroatoms. The van der Waals surface area contributed by atoms with Crippen LogP contribution in [-0.2, 0) is 11.3 Å². The molecular weight excluding hydrogens is 401 g/mol. The second kappa shape index (κ2) is 9.45. The highest BCUT2D eigenvalue weighted by Crippen LogP contribution is 2.35. The number of hydrogen-bond donors (Lipinski definition) is 0. The van der Waals surface area contributed by atoms with E-state index in [9.17, 15) is 9.18 Å². The molecule has 1 aliphatic rings. The molecule has 0 fully saturated rings. The van der Waals surface area contributed by atoms with Crippen molar-refractivity contribution in [1.82, 2.24) is 9.91 Å². The van der Waals surface area contributed by atoms with Crippen molar-refractivity contribution in [1.29, 1.82) is 0 Å². The molecule has 0 aromatic heterocycles. The predicted molar refractivity (Wildman–Crippen MR) is 126 cm³/mol. The lowest BCUT2D eigenvalue weighted by Gasteiger charge is -2.25. The summed E-state index contributed by atoms with van der Waals surface area (Å²) in [6.45, 7) is 4.94. The number of amides is 1. The minimum atomic E-state index is -0.454. The van der Waals surface area contributed by atoms with E-state index in [0.717, 1.165) is 22.4 Å². The summed E-state index contributed by atoms with van der Waals surface area (Å²) in [6.07, 6.45) is 0.485. The predicted octanol–water partition coefficient (Wildman–Crippen LogP) is 5.25. The van der Waals surface area contributed by atoms with Crippen molar-refractivity contribution in [2.24, 2.45) is 5.10 Å². The standard InChI is InChI=1S/C27H28FN3O/c1-19-13-14-22(20(2)15-19)25-16-26(23-11-7-8-12-24(23)28)31(29-25)27(32)18-30(3)17-21-9-5-4-6-10-21/h4-15,26H,16-18H2,1-3H3. The Morgan fingerprint density at radius 3 is 2.50 bits per heavy atom. The monoisotopic (exact) mass is 429 g/mol. The van der Waals surface area contributed by atoms with E-state index in [2.05, 4.69) is 6.07 Å². The SMILES string of the molecule is Cc1ccc(C2=NN(C(=O)CN(C)Cc3ccccc3)C(c3ccccc3F)C2)c(C)c1. The first kappa shape index (κ1) is 21.9. The Balaban J connectivity index is 1.61. The summed E-state index contributed by atoms with van der Waals surface area (Å²) in [5, 5.41) is 6.20. The van der Waals surface area contributed by atoms with Crippen LogP contribution in [0.2, 0.25) is 0 Å². The van der Waals surface area contributed by atoms with Crippen LogP contribution >= 0.6 is 0 Å². The van der Waals surface area contributed by atoms with Crippen molar-refractivity contribution in [2.45, 2.75) is 32.9 Å². The van der Waals surface area contributed by atoms with E-state index in [1.165, 1.54) is 16.6 Å². The number of rotatable bonds is 6. The lowest BCUT2D eigenvalue weighted by molar-refractivity contribution is -0.134. The molecule has 0 aliphatic carbocycles. The van der Waals surface area contributed by atoms with Crippen LogP contribution in [0.15, 0.2) is 77.9 Å². The van der Waals surface area contributed by atoms with Gasteiger partial charge in [0.05, 0.1) is 18.3 Å². The molecule has 1 heterocycles. The summed E-state index contributed by atoms with van der Waals surface area (Å²) in [5.74, 6) is -0.457. The Bertz CT molecular complexity index is 1140. The lowest BCUT2D eigenvalue weighted by atomic mass is 9.95. The van der Waals surface area contributed by atoms with E-state index in [0.29, 0.717) is 18.5 Å². The zero-order chi connectivity index (χ0) is 22.7. The smallest absolute Gasteiger partial charge is 0.257 e. The molecule has 0 saturated carbocycles. The third-order valence-electron chi connectivity index (χ3n) is 5.82. The fourth-order valence-corrected chi connectivity index (χ4v) is 4.28. The van der Waals surface area contributed by atoms with Gasteiger partial charge in [0, 0.05) is 24.1 Å². The highest BCUT2D eigenvalue weighted by molar-refractivity contribution is 6.04. The average Bonchev–Trinajstić information content (AvgIpc) is 3.19. The topological polar surface area (TPSA) is 35.9 Å². The summed E-state index contributed by atoms with van der Waals surface area (Å²) < 4.78 is 14.7. The fraction of sp³-hybridized carbons (Fsp3) is 0.259. The Morgan fingerprint density at radius 2 is 1.78 bits per heavy atom. The van der Waals surface area contributed by atoms with Crippen LogP contribution in [0, 0.1) is 19.7 Å². The highest BCUT2D eigenvalue weighted by Gasteiger charge is 2.35. The van der Waals surface area contributed by atoms with E-state index in [1.54, 1.807) is 18.2 Å². The summed E-state index contributed by atoms with van der Waals surface area (Å²) in [6, 6.07) is 22.4. The van der Waals surface area contributed by atoms with Crippen LogP contribution < -0.4 is 0 Å². The van der Waals surface area contributed by atoms with Crippen molar-refractivity contribution >= 4 is 11.6 Å². The number of halogens is 1. The first-order valence-corrected chi connectivity index (χ1v) is 10.9. The van der Waals surface area contributed by atoms with Crippen LogP contribution in [0.5, 0.6) is 0 Å². The number of hydrogen-bond acceptors (Lipinski definition) is 3. The first-order chi connectivity index (χ1) is 15.4. The van der Waals surface area contributed by atoms with Crippen molar-refractivity contribution < 1.29 is 9.18 Å². The number of carbonyl (C=O) groups is 1. The van der Waals surface area contributed by atoms with Crippen molar-refractivity contribution in [3.63, 3.8) is 0 Å². The molecule has 0 saturated heterocycles. The van der Waals surface area contributed by atoms with Gasteiger partial charge < -0.3 is 0 Å². The molecule has 1 aliphatic heterocycles. The number of aryl methyl sites for hydroxylation is 2. The van der Waals surface area contributed by atoms with Gasteiger partial charge in [-0.15, -0.1) is 0 Å². The minimum absolute atomic E-state index is 0.142. The first-order valence-electron chi connectivity index (χ1n) is 10.9. The van der Waals surface area contributed by atoms with Gasteiger partial charge in [0.25, 0.3) is 5.91 Å². The number of nitrogens with zero attached hydrogens (tertiary/aromatic N) is 3. The van der Waals surface area contributed by atoms with E-state index in [1.807, 2.05) is 68.3 Å². The lowest BCUT2D eigenvalue weighted by Crippen LogP contribution is -2.36. The molecule has 1 atom stereocenters. The molecule has 0 bridgehead atoms. The molecule has 164 valence electrons. The van der Waals surface area contributed by atoms with Crippen LogP contribution in [0.4, 0.5) is 4.39 Å². The maximum atomic E-state index is 14.7. The zero-order valence-corrected chi connectivity index (χ0v) is 18.8. The molecule has 0 radical (unpaired) electrons. The maximum absolute atomic E-state index is 14.7. The largest absolute Gasteiger partial charge is 0.293 e. The van der Waals surface area contributed by atoms with Gasteiger partial charge in [-0.2, -0.15) is 5.10 Å². The molecule has 32 heavy (non-hydrogen) atoms. The Morgan fingerprint density at radius 1 is 1.06 bits per heavy atom. The molecule has 3 aromatic rings. The number of likely N-dealkylation sites (N-methyl/N-ethyl adjacent to an activating group) is 1. The van der Waals surface area contributed by atoms with Gasteiger partial charge in [0.2, 0.25) is 0 Å². The van der Waals surface area contributed by atoms with E-state index in [4.69, 9.17) is 5.10 Å². The van der Waals surface area contributed by atoms with Gasteiger partial charge in [0.1, 0.15) is 5.82 Å². The second-order valence-electron chi connectivity index (χ2n) is 8.50. The summed E-state index contributed by atoms with van der Waals surface area (Å²) in [5.41, 5.74) is 5.72. The Hall–Kier alpha value is -3.31. The van der Waals surface area contributed by atoms with Crippen molar-refractivity contribution in [3.05, 3.63) is 106 Å². The van der Waals surface area contributed by atoms with Gasteiger partial charge in [-0.05, 0) is 38.1 Å². The Kier molecular flexibility index (Phi) is 6.47. The van der Waals surface area contributed by atoms with Crippen LogP contribution in [0.1, 0.15) is 40.3 Å². The summed E-state index contributed by atoms with van der Waals surface area (Å²) >= 11 is 0. The van der Waals surface area contributed by atoms with Gasteiger partial charge >= 0.3 is 0 Å². The van der Waals surface area contributed by atoms with Crippen molar-refractivity contribution in [3.8, 4) is 0 Å². The normalized spacial score (nSPS) is 15.8. The van der Waals surface area contributed by atoms with Crippen LogP contribution in [0.3, 0.4) is 0 Å². The second-order valence-corrected chi connectivity index (χ2v) is 8.50. The molecule has 0 N–H and O–H groups in total. The third kappa shape index (κ3) is 4.78. The van der Waals surface area contributed by atoms with E-state index < -0.39 is 6.04 Å². The summed E-state index contributed by atoms with van der Waals surface area (Å²) in [7, 11) is 1.91. The zero-order valence-electron chi connectivity index (χ0n) is 18.8. The molecule has 4 rings (SSSR count). The third-order valence-corrected chi connectivity index (χ3v) is 5.82. The van der Waals surface area contributed by atoms with Crippen LogP contribution in [-0.4, -0.2) is 35.1 Å². The molecule has 1 unspecified atom stereocenters.